The second-order valence-corrected chi connectivity index (χ2v) is 10.6. The van der Waals surface area contributed by atoms with Crippen molar-refractivity contribution in [2.24, 2.45) is 46.3 Å². The maximum absolute atomic E-state index is 9.24. The molecule has 0 aromatic rings. The second kappa shape index (κ2) is 6.70. The zero-order valence-corrected chi connectivity index (χ0v) is 16.8. The van der Waals surface area contributed by atoms with Gasteiger partial charge in [0.15, 0.2) is 0 Å². The average Bonchev–Trinajstić information content (AvgIpc) is 2.96. The molecule has 0 aromatic heterocycles. The first-order valence-corrected chi connectivity index (χ1v) is 11.3. The lowest BCUT2D eigenvalue weighted by atomic mass is 9.46. The highest BCUT2D eigenvalue weighted by molar-refractivity contribution is 5.17. The van der Waals surface area contributed by atoms with E-state index < -0.39 is 0 Å². The van der Waals surface area contributed by atoms with Crippen molar-refractivity contribution in [2.45, 2.75) is 85.0 Å². The summed E-state index contributed by atoms with van der Waals surface area (Å²) in [5.74, 6) is 5.26. The first-order valence-electron chi connectivity index (χ1n) is 11.3. The van der Waals surface area contributed by atoms with Crippen LogP contribution in [0.1, 0.15) is 85.0 Å². The van der Waals surface area contributed by atoms with Crippen molar-refractivity contribution in [1.82, 2.24) is 0 Å². The van der Waals surface area contributed by atoms with Crippen molar-refractivity contribution >= 4 is 0 Å². The van der Waals surface area contributed by atoms with Crippen LogP contribution >= 0.6 is 0 Å². The molecule has 0 aliphatic heterocycles. The van der Waals surface area contributed by atoms with Crippen molar-refractivity contribution in [3.05, 3.63) is 12.2 Å². The van der Waals surface area contributed by atoms with Gasteiger partial charge in [-0.15, -0.1) is 0 Å². The Morgan fingerprint density at radius 2 is 1.76 bits per heavy atom. The Balaban J connectivity index is 1.57. The molecule has 3 saturated carbocycles. The SMILES string of the molecule is CC(CCCO)C1CCC2C3C=CC4CCCCC4(C)C3CCC12C. The Morgan fingerprint density at radius 3 is 2.56 bits per heavy atom. The smallest absolute Gasteiger partial charge is 0.0431 e. The first-order chi connectivity index (χ1) is 12.0. The molecule has 0 aromatic carbocycles. The van der Waals surface area contributed by atoms with Gasteiger partial charge in [0.2, 0.25) is 0 Å². The van der Waals surface area contributed by atoms with Gasteiger partial charge in [-0.25, -0.2) is 0 Å². The lowest BCUT2D eigenvalue weighted by Crippen LogP contribution is -2.51. The fraction of sp³-hybridized carbons (Fsp3) is 0.917. The predicted molar refractivity (Wildman–Crippen MR) is 105 cm³/mol. The molecule has 1 nitrogen and oxygen atoms in total. The third kappa shape index (κ3) is 2.75. The average molecular weight is 345 g/mol. The van der Waals surface area contributed by atoms with Crippen LogP contribution in [0.4, 0.5) is 0 Å². The molecule has 0 radical (unpaired) electrons. The van der Waals surface area contributed by atoms with Crippen molar-refractivity contribution in [2.75, 3.05) is 6.61 Å². The number of rotatable bonds is 4. The normalized spacial score (nSPS) is 50.0. The molecule has 8 unspecified atom stereocenters. The van der Waals surface area contributed by atoms with Crippen LogP contribution in [0.25, 0.3) is 0 Å². The maximum atomic E-state index is 9.24. The largest absolute Gasteiger partial charge is 0.396 e. The standard InChI is InChI=1S/C24H40O/c1-17(7-6-16-25)20-11-12-21-19-10-9-18-8-4-5-14-23(18,2)22(19)13-15-24(20,21)3/h9-10,17-22,25H,4-8,11-16H2,1-3H3. The van der Waals surface area contributed by atoms with Gasteiger partial charge in [-0.05, 0) is 97.7 Å². The summed E-state index contributed by atoms with van der Waals surface area (Å²) in [5, 5.41) is 9.24. The van der Waals surface area contributed by atoms with Crippen molar-refractivity contribution in [3.8, 4) is 0 Å². The van der Waals surface area contributed by atoms with E-state index in [4.69, 9.17) is 0 Å². The molecule has 0 spiro atoms. The molecule has 4 aliphatic rings. The van der Waals surface area contributed by atoms with Crippen molar-refractivity contribution in [1.29, 1.82) is 0 Å². The molecule has 142 valence electrons. The van der Waals surface area contributed by atoms with E-state index in [2.05, 4.69) is 32.9 Å². The minimum atomic E-state index is 0.365. The van der Waals surface area contributed by atoms with Gasteiger partial charge < -0.3 is 5.11 Å². The summed E-state index contributed by atoms with van der Waals surface area (Å²) in [6.45, 7) is 8.13. The van der Waals surface area contributed by atoms with Crippen LogP contribution in [0.15, 0.2) is 12.2 Å². The Morgan fingerprint density at radius 1 is 0.960 bits per heavy atom. The number of aliphatic hydroxyl groups is 1. The minimum absolute atomic E-state index is 0.365. The Bertz CT molecular complexity index is 510. The summed E-state index contributed by atoms with van der Waals surface area (Å²) in [4.78, 5) is 0. The molecular formula is C24H40O. The molecular weight excluding hydrogens is 304 g/mol. The Labute approximate surface area is 155 Å². The highest BCUT2D eigenvalue weighted by Crippen LogP contribution is 2.66. The fourth-order valence-electron chi connectivity index (χ4n) is 8.25. The van der Waals surface area contributed by atoms with E-state index in [9.17, 15) is 5.11 Å². The molecule has 3 fully saturated rings. The molecule has 4 rings (SSSR count). The molecule has 0 heterocycles. The van der Waals surface area contributed by atoms with Gasteiger partial charge in [0.05, 0.1) is 0 Å². The second-order valence-electron chi connectivity index (χ2n) is 10.6. The van der Waals surface area contributed by atoms with E-state index in [1.54, 1.807) is 0 Å². The highest BCUT2D eigenvalue weighted by atomic mass is 16.2. The summed E-state index contributed by atoms with van der Waals surface area (Å²) >= 11 is 0. The lowest BCUT2D eigenvalue weighted by molar-refractivity contribution is -0.0645. The summed E-state index contributed by atoms with van der Waals surface area (Å²) in [5.41, 5.74) is 1.15. The minimum Gasteiger partial charge on any atom is -0.396 e. The summed E-state index contributed by atoms with van der Waals surface area (Å²) < 4.78 is 0. The topological polar surface area (TPSA) is 20.2 Å². The molecule has 0 bridgehead atoms. The number of hydrogen-bond donors (Lipinski definition) is 1. The third-order valence-corrected chi connectivity index (χ3v) is 9.65. The monoisotopic (exact) mass is 344 g/mol. The van der Waals surface area contributed by atoms with Crippen LogP contribution in [0.3, 0.4) is 0 Å². The molecule has 8 atom stereocenters. The number of allylic oxidation sites excluding steroid dienone is 2. The van der Waals surface area contributed by atoms with Gasteiger partial charge in [-0.2, -0.15) is 0 Å². The van der Waals surface area contributed by atoms with Crippen LogP contribution in [0.2, 0.25) is 0 Å². The fourth-order valence-corrected chi connectivity index (χ4v) is 8.25. The predicted octanol–water partition coefficient (Wildman–Crippen LogP) is 6.22. The zero-order valence-electron chi connectivity index (χ0n) is 16.8. The molecule has 0 amide bonds. The number of aliphatic hydroxyl groups excluding tert-OH is 1. The quantitative estimate of drug-likeness (QED) is 0.600. The van der Waals surface area contributed by atoms with Crippen LogP contribution < -0.4 is 0 Å². The van der Waals surface area contributed by atoms with Crippen LogP contribution in [-0.4, -0.2) is 11.7 Å². The van der Waals surface area contributed by atoms with Crippen LogP contribution in [-0.2, 0) is 0 Å². The zero-order chi connectivity index (χ0) is 17.7. The van der Waals surface area contributed by atoms with E-state index in [0.717, 1.165) is 41.9 Å². The van der Waals surface area contributed by atoms with E-state index in [0.29, 0.717) is 17.4 Å². The van der Waals surface area contributed by atoms with E-state index in [1.807, 2.05) is 0 Å². The Kier molecular flexibility index (Phi) is 4.84. The van der Waals surface area contributed by atoms with Gasteiger partial charge in [-0.3, -0.25) is 0 Å². The van der Waals surface area contributed by atoms with Crippen molar-refractivity contribution < 1.29 is 5.11 Å². The first kappa shape index (κ1) is 18.1. The maximum Gasteiger partial charge on any atom is 0.0431 e. The lowest BCUT2D eigenvalue weighted by Gasteiger charge is -2.58. The summed E-state index contributed by atoms with van der Waals surface area (Å²) in [7, 11) is 0. The molecule has 1 N–H and O–H groups in total. The summed E-state index contributed by atoms with van der Waals surface area (Å²) in [6.07, 6.45) is 19.2. The van der Waals surface area contributed by atoms with Gasteiger partial charge in [0.25, 0.3) is 0 Å². The van der Waals surface area contributed by atoms with E-state index in [1.165, 1.54) is 57.8 Å². The van der Waals surface area contributed by atoms with E-state index >= 15 is 0 Å². The molecule has 25 heavy (non-hydrogen) atoms. The van der Waals surface area contributed by atoms with E-state index in [-0.39, 0.29) is 0 Å². The van der Waals surface area contributed by atoms with Gasteiger partial charge in [0.1, 0.15) is 0 Å². The summed E-state index contributed by atoms with van der Waals surface area (Å²) in [6, 6.07) is 0. The van der Waals surface area contributed by atoms with Gasteiger partial charge in [0, 0.05) is 6.61 Å². The van der Waals surface area contributed by atoms with Gasteiger partial charge in [-0.1, -0.05) is 45.8 Å². The van der Waals surface area contributed by atoms with Crippen molar-refractivity contribution in [3.63, 3.8) is 0 Å². The number of hydrogen-bond acceptors (Lipinski definition) is 1. The third-order valence-electron chi connectivity index (χ3n) is 9.65. The Hall–Kier alpha value is -0.300. The molecule has 4 aliphatic carbocycles. The highest BCUT2D eigenvalue weighted by Gasteiger charge is 2.58. The molecule has 1 heteroatoms. The molecule has 0 saturated heterocycles. The van der Waals surface area contributed by atoms with Gasteiger partial charge >= 0.3 is 0 Å². The van der Waals surface area contributed by atoms with Crippen LogP contribution in [0.5, 0.6) is 0 Å². The van der Waals surface area contributed by atoms with Crippen LogP contribution in [0, 0.1) is 46.3 Å². The number of fused-ring (bicyclic) bond motifs is 5.